The molecule has 1 heterocycles. The summed E-state index contributed by atoms with van der Waals surface area (Å²) in [6, 6.07) is 0. The van der Waals surface area contributed by atoms with Gasteiger partial charge in [0.15, 0.2) is 0 Å². The predicted octanol–water partition coefficient (Wildman–Crippen LogP) is 0.885. The van der Waals surface area contributed by atoms with Crippen LogP contribution in [0.4, 0.5) is 0 Å². The third-order valence-corrected chi connectivity index (χ3v) is 1.54. The first-order valence-electron chi connectivity index (χ1n) is 3.63. The molecule has 4 heteroatoms. The van der Waals surface area contributed by atoms with Gasteiger partial charge in [0.25, 0.3) is 0 Å². The number of esters is 1. The van der Waals surface area contributed by atoms with Gasteiger partial charge in [-0.15, -0.1) is 0 Å². The van der Waals surface area contributed by atoms with Crippen LogP contribution in [0.2, 0.25) is 0 Å². The Kier molecular flexibility index (Phi) is 2.47. The molecule has 0 N–H and O–H groups in total. The number of nitrogens with zero attached hydrogens (tertiary/aromatic N) is 2. The van der Waals surface area contributed by atoms with Gasteiger partial charge in [0.2, 0.25) is 0 Å². The van der Waals surface area contributed by atoms with E-state index >= 15 is 0 Å². The molecule has 1 rings (SSSR count). The number of hydrogen-bond donors (Lipinski definition) is 0. The summed E-state index contributed by atoms with van der Waals surface area (Å²) in [6.07, 6.45) is 1.40. The fourth-order valence-corrected chi connectivity index (χ4v) is 0.833. The largest absolute Gasteiger partial charge is 0.462 e. The number of hydrogen-bond acceptors (Lipinski definition) is 3. The lowest BCUT2D eigenvalue weighted by molar-refractivity contribution is 0.0525. The zero-order valence-electron chi connectivity index (χ0n) is 7.07. The van der Waals surface area contributed by atoms with Crippen molar-refractivity contribution < 1.29 is 9.53 Å². The summed E-state index contributed by atoms with van der Waals surface area (Å²) in [5.74, 6) is -0.383. The Labute approximate surface area is 71.1 Å². The second-order valence-electron chi connectivity index (χ2n) is 2.31. The Bertz CT molecular complexity index is 291. The summed E-state index contributed by atoms with van der Waals surface area (Å²) in [5, 5.41) is 3.71. The van der Waals surface area contributed by atoms with Crippen LogP contribution in [-0.2, 0) is 4.74 Å². The molecule has 64 valence electrons. The molecule has 0 saturated carbocycles. The molecule has 0 unspecified atom stereocenters. The van der Waals surface area contributed by atoms with E-state index in [1.807, 2.05) is 0 Å². The Morgan fingerprint density at radius 2 is 2.50 bits per heavy atom. The number of carbonyl (C=O) groups excluding carboxylic acids is 1. The second kappa shape index (κ2) is 3.38. The Balaban J connectivity index is 2.88. The van der Waals surface area contributed by atoms with Gasteiger partial charge >= 0.3 is 5.97 Å². The topological polar surface area (TPSA) is 44.1 Å². The normalized spacial score (nSPS) is 9.92. The molecule has 0 aliphatic heterocycles. The van der Waals surface area contributed by atoms with Crippen LogP contribution in [0.5, 0.6) is 0 Å². The van der Waals surface area contributed by atoms with Crippen molar-refractivity contribution in [2.24, 2.45) is 0 Å². The smallest absolute Gasteiger partial charge is 0.341 e. The molecule has 0 spiro atoms. The van der Waals surface area contributed by atoms with Crippen LogP contribution < -0.4 is 0 Å². The molecule has 0 fully saturated rings. The highest BCUT2D eigenvalue weighted by molar-refractivity contribution is 5.90. The van der Waals surface area contributed by atoms with Crippen molar-refractivity contribution in [1.29, 1.82) is 0 Å². The maximum absolute atomic E-state index is 11.1. The summed E-state index contributed by atoms with van der Waals surface area (Å²) < 4.78 is 5.92. The molecule has 0 saturated heterocycles. The van der Waals surface area contributed by atoms with Gasteiger partial charge < -0.3 is 4.74 Å². The summed E-state index contributed by atoms with van der Waals surface area (Å²) in [6.45, 7) is 3.81. The average Bonchev–Trinajstić information content (AvgIpc) is 2.34. The fraction of sp³-hybridized carbons (Fsp3) is 0.375. The summed E-state index contributed by atoms with van der Waals surface area (Å²) in [5.41, 5.74) is 1.02. The van der Waals surface area contributed by atoms with Crippen molar-refractivity contribution in [2.45, 2.75) is 13.8 Å². The van der Waals surface area contributed by atoms with E-state index in [0.717, 1.165) is 4.68 Å². The van der Waals surface area contributed by atoms with Crippen molar-refractivity contribution in [1.82, 2.24) is 9.78 Å². The van der Waals surface area contributed by atoms with Gasteiger partial charge in [0, 0.05) is 0 Å². The van der Waals surface area contributed by atoms with Crippen LogP contribution in [0.1, 0.15) is 23.0 Å². The van der Waals surface area contributed by atoms with Gasteiger partial charge in [-0.3, -0.25) is 4.68 Å². The highest BCUT2D eigenvalue weighted by Gasteiger charge is 2.12. The number of aromatic nitrogens is 2. The zero-order chi connectivity index (χ0) is 9.14. The lowest BCUT2D eigenvalue weighted by atomic mass is 10.3. The van der Waals surface area contributed by atoms with Gasteiger partial charge in [-0.05, 0) is 13.8 Å². The molecule has 0 aliphatic rings. The van der Waals surface area contributed by atoms with Crippen molar-refractivity contribution in [2.75, 3.05) is 6.61 Å². The Hall–Kier alpha value is -1.32. The monoisotopic (exact) mass is 166 g/mol. The number of rotatable bonds is 2. The first kappa shape index (κ1) is 8.77. The third-order valence-electron chi connectivity index (χ3n) is 1.54. The number of ether oxygens (including phenoxy) is 1. The van der Waals surface area contributed by atoms with Crippen molar-refractivity contribution in [3.63, 3.8) is 0 Å². The van der Waals surface area contributed by atoms with E-state index in [-0.39, 0.29) is 5.97 Å². The Morgan fingerprint density at radius 1 is 1.83 bits per heavy atom. The highest BCUT2D eigenvalue weighted by Crippen LogP contribution is 2.07. The fourth-order valence-electron chi connectivity index (χ4n) is 0.833. The van der Waals surface area contributed by atoms with E-state index < -0.39 is 0 Å². The van der Waals surface area contributed by atoms with E-state index in [1.54, 1.807) is 13.8 Å². The molecule has 0 bridgehead atoms. The second-order valence-corrected chi connectivity index (χ2v) is 2.31. The molecule has 1 aromatic heterocycles. The molecule has 1 aromatic rings. The van der Waals surface area contributed by atoms with E-state index in [9.17, 15) is 4.79 Å². The van der Waals surface area contributed by atoms with Crippen LogP contribution >= 0.6 is 0 Å². The minimum atomic E-state index is -0.383. The lowest BCUT2D eigenvalue weighted by Gasteiger charge is -1.99. The molecule has 2 radical (unpaired) electrons. The molecule has 4 nitrogen and oxygen atoms in total. The predicted molar refractivity (Wildman–Crippen MR) is 42.6 cm³/mol. The SMILES string of the molecule is [CH]n1ncc(C(=O)OCC)c1C. The van der Waals surface area contributed by atoms with Gasteiger partial charge in [0.1, 0.15) is 12.6 Å². The standard InChI is InChI=1S/C8H10N2O2/c1-4-12-8(11)7-5-9-10(3)6(7)2/h3,5H,4H2,1-2H3. The van der Waals surface area contributed by atoms with E-state index in [2.05, 4.69) is 5.10 Å². The van der Waals surface area contributed by atoms with Crippen LogP contribution in [0.3, 0.4) is 0 Å². The molecular weight excluding hydrogens is 156 g/mol. The first-order valence-corrected chi connectivity index (χ1v) is 3.63. The van der Waals surface area contributed by atoms with E-state index in [0.29, 0.717) is 17.9 Å². The van der Waals surface area contributed by atoms with Crippen LogP contribution in [0.25, 0.3) is 0 Å². The minimum Gasteiger partial charge on any atom is -0.462 e. The maximum atomic E-state index is 11.1. The molecule has 0 atom stereocenters. The Morgan fingerprint density at radius 3 is 2.92 bits per heavy atom. The van der Waals surface area contributed by atoms with Crippen molar-refractivity contribution in [3.8, 4) is 0 Å². The van der Waals surface area contributed by atoms with E-state index in [1.165, 1.54) is 6.20 Å². The van der Waals surface area contributed by atoms with Crippen LogP contribution in [-0.4, -0.2) is 22.4 Å². The van der Waals surface area contributed by atoms with Crippen molar-refractivity contribution >= 4 is 5.97 Å². The minimum absolute atomic E-state index is 0.355. The molecule has 0 aromatic carbocycles. The lowest BCUT2D eigenvalue weighted by Crippen LogP contribution is -2.05. The van der Waals surface area contributed by atoms with Gasteiger partial charge in [0.05, 0.1) is 18.5 Å². The highest BCUT2D eigenvalue weighted by atomic mass is 16.5. The average molecular weight is 166 g/mol. The maximum Gasteiger partial charge on any atom is 0.341 e. The van der Waals surface area contributed by atoms with Gasteiger partial charge in [-0.1, -0.05) is 0 Å². The van der Waals surface area contributed by atoms with E-state index in [4.69, 9.17) is 11.8 Å². The summed E-state index contributed by atoms with van der Waals surface area (Å²) in [4.78, 5) is 11.1. The summed E-state index contributed by atoms with van der Waals surface area (Å²) in [7, 11) is 5.37. The summed E-state index contributed by atoms with van der Waals surface area (Å²) >= 11 is 0. The van der Waals surface area contributed by atoms with Crippen LogP contribution in [0, 0.1) is 14.0 Å². The third kappa shape index (κ3) is 1.47. The van der Waals surface area contributed by atoms with Crippen molar-refractivity contribution in [3.05, 3.63) is 24.5 Å². The van der Waals surface area contributed by atoms with Gasteiger partial charge in [-0.2, -0.15) is 5.10 Å². The molecular formula is C8H10N2O2. The quantitative estimate of drug-likeness (QED) is 0.613. The molecule has 0 amide bonds. The first-order chi connectivity index (χ1) is 5.66. The molecule has 12 heavy (non-hydrogen) atoms. The number of carbonyl (C=O) groups is 1. The van der Waals surface area contributed by atoms with Crippen LogP contribution in [0.15, 0.2) is 6.20 Å². The van der Waals surface area contributed by atoms with Gasteiger partial charge in [-0.25, -0.2) is 4.79 Å². The zero-order valence-corrected chi connectivity index (χ0v) is 7.07. The molecule has 0 aliphatic carbocycles.